The van der Waals surface area contributed by atoms with Gasteiger partial charge in [-0.3, -0.25) is 4.79 Å². The van der Waals surface area contributed by atoms with E-state index in [-0.39, 0.29) is 5.91 Å². The van der Waals surface area contributed by atoms with Crippen molar-refractivity contribution >= 4 is 5.91 Å². The van der Waals surface area contributed by atoms with Gasteiger partial charge in [-0.15, -0.1) is 0 Å². The van der Waals surface area contributed by atoms with Crippen LogP contribution >= 0.6 is 0 Å². The van der Waals surface area contributed by atoms with Crippen molar-refractivity contribution in [3.05, 3.63) is 35.4 Å². The Bertz CT molecular complexity index is 441. The van der Waals surface area contributed by atoms with Crippen molar-refractivity contribution in [2.45, 2.75) is 52.1 Å². The lowest BCUT2D eigenvalue weighted by Crippen LogP contribution is -2.38. The summed E-state index contributed by atoms with van der Waals surface area (Å²) in [5.74, 6) is 1.51. The van der Waals surface area contributed by atoms with Crippen molar-refractivity contribution in [3.8, 4) is 0 Å². The first kappa shape index (κ1) is 15.0. The lowest BCUT2D eigenvalue weighted by Gasteiger charge is -2.21. The van der Waals surface area contributed by atoms with E-state index in [9.17, 15) is 4.79 Å². The normalized spacial score (nSPS) is 25.6. The van der Waals surface area contributed by atoms with Crippen LogP contribution < -0.4 is 11.1 Å². The third-order valence-electron chi connectivity index (χ3n) is 4.72. The molecule has 0 bridgehead atoms. The Morgan fingerprint density at radius 1 is 1.25 bits per heavy atom. The molecule has 3 atom stereocenters. The maximum atomic E-state index is 12.1. The molecule has 0 radical (unpaired) electrons. The average Bonchev–Trinajstić information content (AvgIpc) is 2.80. The molecule has 0 aliphatic heterocycles. The van der Waals surface area contributed by atoms with Crippen LogP contribution in [0.4, 0.5) is 0 Å². The van der Waals surface area contributed by atoms with Gasteiger partial charge in [0.05, 0.1) is 6.42 Å². The predicted octanol–water partition coefficient (Wildman–Crippen LogP) is 2.63. The second-order valence-electron chi connectivity index (χ2n) is 5.98. The number of hydrogen-bond donors (Lipinski definition) is 2. The summed E-state index contributed by atoms with van der Waals surface area (Å²) < 4.78 is 0. The molecule has 1 aromatic rings. The molecule has 3 N–H and O–H groups in total. The number of amides is 1. The zero-order valence-corrected chi connectivity index (χ0v) is 12.6. The molecular formula is C17H26N2O. The van der Waals surface area contributed by atoms with E-state index in [1.807, 2.05) is 24.3 Å². The van der Waals surface area contributed by atoms with Crippen LogP contribution in [-0.4, -0.2) is 11.9 Å². The zero-order valence-electron chi connectivity index (χ0n) is 12.6. The summed E-state index contributed by atoms with van der Waals surface area (Å²) in [5, 5.41) is 3.21. The van der Waals surface area contributed by atoms with E-state index in [4.69, 9.17) is 5.73 Å². The number of rotatable bonds is 5. The Kier molecular flexibility index (Phi) is 5.18. The molecule has 3 heteroatoms. The molecule has 0 spiro atoms. The summed E-state index contributed by atoms with van der Waals surface area (Å²) in [6.07, 6.45) is 4.05. The number of nitrogens with two attached hydrogens (primary N) is 1. The van der Waals surface area contributed by atoms with Gasteiger partial charge in [-0.1, -0.05) is 44.5 Å². The van der Waals surface area contributed by atoms with Crippen LogP contribution in [-0.2, 0) is 17.8 Å². The summed E-state index contributed by atoms with van der Waals surface area (Å²) in [4.78, 5) is 12.1. The van der Waals surface area contributed by atoms with Crippen molar-refractivity contribution in [1.29, 1.82) is 0 Å². The second-order valence-corrected chi connectivity index (χ2v) is 5.98. The van der Waals surface area contributed by atoms with Gasteiger partial charge in [0.2, 0.25) is 5.91 Å². The topological polar surface area (TPSA) is 55.1 Å². The molecule has 1 aliphatic carbocycles. The average molecular weight is 274 g/mol. The third-order valence-corrected chi connectivity index (χ3v) is 4.72. The van der Waals surface area contributed by atoms with Crippen molar-refractivity contribution in [2.75, 3.05) is 0 Å². The minimum atomic E-state index is 0.138. The summed E-state index contributed by atoms with van der Waals surface area (Å²) in [6.45, 7) is 5.05. The fourth-order valence-electron chi connectivity index (χ4n) is 3.26. The fraction of sp³-hybridized carbons (Fsp3) is 0.588. The lowest BCUT2D eigenvalue weighted by molar-refractivity contribution is -0.121. The van der Waals surface area contributed by atoms with Crippen LogP contribution in [0, 0.1) is 11.8 Å². The minimum absolute atomic E-state index is 0.138. The maximum absolute atomic E-state index is 12.1. The minimum Gasteiger partial charge on any atom is -0.353 e. The van der Waals surface area contributed by atoms with Gasteiger partial charge in [0.1, 0.15) is 0 Å². The van der Waals surface area contributed by atoms with E-state index in [0.717, 1.165) is 23.5 Å². The monoisotopic (exact) mass is 274 g/mol. The zero-order chi connectivity index (χ0) is 14.5. The molecule has 1 amide bonds. The van der Waals surface area contributed by atoms with Crippen LogP contribution in [0.5, 0.6) is 0 Å². The van der Waals surface area contributed by atoms with Gasteiger partial charge in [0, 0.05) is 12.6 Å². The highest BCUT2D eigenvalue weighted by atomic mass is 16.1. The first-order valence-corrected chi connectivity index (χ1v) is 7.71. The van der Waals surface area contributed by atoms with E-state index < -0.39 is 0 Å². The number of carbonyl (C=O) groups excluding carboxylic acids is 1. The molecule has 1 aliphatic rings. The van der Waals surface area contributed by atoms with E-state index in [1.165, 1.54) is 12.8 Å². The molecule has 1 fully saturated rings. The molecular weight excluding hydrogens is 248 g/mol. The first-order chi connectivity index (χ1) is 9.63. The number of carbonyl (C=O) groups is 1. The fourth-order valence-corrected chi connectivity index (χ4v) is 3.26. The van der Waals surface area contributed by atoms with E-state index in [2.05, 4.69) is 19.2 Å². The molecule has 3 nitrogen and oxygen atoms in total. The molecule has 0 heterocycles. The lowest BCUT2D eigenvalue weighted by atomic mass is 9.93. The summed E-state index contributed by atoms with van der Waals surface area (Å²) in [6, 6.07) is 8.33. The van der Waals surface area contributed by atoms with Crippen molar-refractivity contribution < 1.29 is 4.79 Å². The molecule has 0 aromatic heterocycles. The highest BCUT2D eigenvalue weighted by Gasteiger charge is 2.32. The van der Waals surface area contributed by atoms with Crippen LogP contribution in [0.3, 0.4) is 0 Å². The largest absolute Gasteiger partial charge is 0.353 e. The number of hydrogen-bond acceptors (Lipinski definition) is 2. The van der Waals surface area contributed by atoms with Crippen LogP contribution in [0.2, 0.25) is 0 Å². The van der Waals surface area contributed by atoms with Gasteiger partial charge in [-0.25, -0.2) is 0 Å². The summed E-state index contributed by atoms with van der Waals surface area (Å²) in [7, 11) is 0. The summed E-state index contributed by atoms with van der Waals surface area (Å²) in [5.41, 5.74) is 7.73. The van der Waals surface area contributed by atoms with Crippen LogP contribution in [0.25, 0.3) is 0 Å². The van der Waals surface area contributed by atoms with Crippen LogP contribution in [0.1, 0.15) is 44.2 Å². The van der Waals surface area contributed by atoms with Gasteiger partial charge in [0.15, 0.2) is 0 Å². The van der Waals surface area contributed by atoms with Gasteiger partial charge in [0.25, 0.3) is 0 Å². The first-order valence-electron chi connectivity index (χ1n) is 7.71. The SMILES string of the molecule is CCC1CCC(NC(=O)Cc2ccc(CN)cc2)C1C. The van der Waals surface area contributed by atoms with Gasteiger partial charge in [-0.2, -0.15) is 0 Å². The smallest absolute Gasteiger partial charge is 0.224 e. The molecule has 20 heavy (non-hydrogen) atoms. The van der Waals surface area contributed by atoms with Gasteiger partial charge >= 0.3 is 0 Å². The van der Waals surface area contributed by atoms with Crippen molar-refractivity contribution in [2.24, 2.45) is 17.6 Å². The number of benzene rings is 1. The van der Waals surface area contributed by atoms with Crippen molar-refractivity contribution in [3.63, 3.8) is 0 Å². The Balaban J connectivity index is 1.86. The Hall–Kier alpha value is -1.35. The molecule has 0 saturated heterocycles. The van der Waals surface area contributed by atoms with E-state index in [1.54, 1.807) is 0 Å². The Morgan fingerprint density at radius 2 is 1.90 bits per heavy atom. The van der Waals surface area contributed by atoms with Gasteiger partial charge in [-0.05, 0) is 35.8 Å². The number of nitrogens with one attached hydrogen (secondary N) is 1. The van der Waals surface area contributed by atoms with Gasteiger partial charge < -0.3 is 11.1 Å². The van der Waals surface area contributed by atoms with E-state index in [0.29, 0.717) is 24.9 Å². The highest BCUT2D eigenvalue weighted by Crippen LogP contribution is 2.33. The quantitative estimate of drug-likeness (QED) is 0.867. The second kappa shape index (κ2) is 6.89. The van der Waals surface area contributed by atoms with Crippen molar-refractivity contribution in [1.82, 2.24) is 5.32 Å². The Morgan fingerprint density at radius 3 is 2.45 bits per heavy atom. The molecule has 110 valence electrons. The molecule has 3 unspecified atom stereocenters. The van der Waals surface area contributed by atoms with Crippen LogP contribution in [0.15, 0.2) is 24.3 Å². The molecule has 1 aromatic carbocycles. The highest BCUT2D eigenvalue weighted by molar-refractivity contribution is 5.78. The third kappa shape index (κ3) is 3.60. The maximum Gasteiger partial charge on any atom is 0.224 e. The van der Waals surface area contributed by atoms with E-state index >= 15 is 0 Å². The molecule has 1 saturated carbocycles. The predicted molar refractivity (Wildman–Crippen MR) is 82.1 cm³/mol. The molecule has 2 rings (SSSR count). The summed E-state index contributed by atoms with van der Waals surface area (Å²) >= 11 is 0. The standard InChI is InChI=1S/C17H26N2O/c1-3-15-8-9-16(12(15)2)19-17(20)10-13-4-6-14(11-18)7-5-13/h4-7,12,15-16H,3,8-11,18H2,1-2H3,(H,19,20). The Labute approximate surface area is 121 Å².